The van der Waals surface area contributed by atoms with E-state index in [0.717, 1.165) is 6.61 Å². The van der Waals surface area contributed by atoms with Gasteiger partial charge in [-0.25, -0.2) is 0 Å². The molecule has 0 aliphatic heterocycles. The van der Waals surface area contributed by atoms with Crippen molar-refractivity contribution in [1.82, 2.24) is 0 Å². The Morgan fingerprint density at radius 2 is 2.50 bits per heavy atom. The SMILES string of the molecule is CCOCSN. The molecule has 0 bridgehead atoms. The minimum atomic E-state index is 0.608. The third-order valence-electron chi connectivity index (χ3n) is 0.355. The third kappa shape index (κ3) is 4.27. The van der Waals surface area contributed by atoms with Gasteiger partial charge in [0.25, 0.3) is 0 Å². The van der Waals surface area contributed by atoms with Gasteiger partial charge in [0.05, 0.1) is 0 Å². The van der Waals surface area contributed by atoms with Crippen LogP contribution in [0.1, 0.15) is 6.92 Å². The predicted octanol–water partition coefficient (Wildman–Crippen LogP) is 0.587. The standard InChI is InChI=1S/C3H9NOS/c1-2-5-3-6-4/h2-4H2,1H3. The van der Waals surface area contributed by atoms with Gasteiger partial charge in [0.15, 0.2) is 0 Å². The van der Waals surface area contributed by atoms with Crippen LogP contribution in [0.15, 0.2) is 0 Å². The highest BCUT2D eigenvalue weighted by molar-refractivity contribution is 7.96. The molecule has 0 spiro atoms. The van der Waals surface area contributed by atoms with Gasteiger partial charge in [0.2, 0.25) is 0 Å². The normalized spacial score (nSPS) is 9.00. The van der Waals surface area contributed by atoms with E-state index in [1.165, 1.54) is 11.9 Å². The summed E-state index contributed by atoms with van der Waals surface area (Å²) in [6, 6.07) is 0. The molecule has 0 aliphatic carbocycles. The summed E-state index contributed by atoms with van der Waals surface area (Å²) in [5.41, 5.74) is 0. The molecule has 0 saturated carbocycles. The Morgan fingerprint density at radius 1 is 1.83 bits per heavy atom. The second-order valence-electron chi connectivity index (χ2n) is 0.777. The maximum atomic E-state index is 5.01. The highest BCUT2D eigenvalue weighted by atomic mass is 32.2. The van der Waals surface area contributed by atoms with Crippen LogP contribution in [0.25, 0.3) is 0 Å². The van der Waals surface area contributed by atoms with Crippen LogP contribution in [-0.2, 0) is 4.74 Å². The van der Waals surface area contributed by atoms with Gasteiger partial charge in [0, 0.05) is 6.61 Å². The van der Waals surface area contributed by atoms with Crippen LogP contribution in [0, 0.1) is 0 Å². The van der Waals surface area contributed by atoms with Crippen LogP contribution >= 0.6 is 11.9 Å². The first kappa shape index (κ1) is 6.27. The van der Waals surface area contributed by atoms with E-state index in [0.29, 0.717) is 5.94 Å². The summed E-state index contributed by atoms with van der Waals surface area (Å²) in [6.07, 6.45) is 0. The minimum Gasteiger partial charge on any atom is -0.370 e. The van der Waals surface area contributed by atoms with Crippen molar-refractivity contribution in [1.29, 1.82) is 0 Å². The quantitative estimate of drug-likeness (QED) is 0.325. The van der Waals surface area contributed by atoms with Crippen molar-refractivity contribution in [2.24, 2.45) is 5.14 Å². The second-order valence-corrected chi connectivity index (χ2v) is 1.35. The van der Waals surface area contributed by atoms with E-state index in [2.05, 4.69) is 0 Å². The molecular weight excluding hydrogens is 98.1 g/mol. The summed E-state index contributed by atoms with van der Waals surface area (Å²) in [6.45, 7) is 2.69. The molecule has 0 amide bonds. The number of rotatable bonds is 3. The average Bonchev–Trinajstić information content (AvgIpc) is 1.61. The molecule has 38 valence electrons. The molecule has 0 saturated heterocycles. The highest BCUT2D eigenvalue weighted by Crippen LogP contribution is 1.83. The van der Waals surface area contributed by atoms with Crippen molar-refractivity contribution in [2.45, 2.75) is 6.92 Å². The Morgan fingerprint density at radius 3 is 2.67 bits per heavy atom. The molecule has 0 aliphatic rings. The van der Waals surface area contributed by atoms with E-state index < -0.39 is 0 Å². The zero-order valence-electron chi connectivity index (χ0n) is 3.81. The summed E-state index contributed by atoms with van der Waals surface area (Å²) < 4.78 is 4.82. The van der Waals surface area contributed by atoms with E-state index in [9.17, 15) is 0 Å². The molecule has 2 nitrogen and oxygen atoms in total. The summed E-state index contributed by atoms with van der Waals surface area (Å²) in [4.78, 5) is 0. The van der Waals surface area contributed by atoms with Gasteiger partial charge < -0.3 is 4.74 Å². The van der Waals surface area contributed by atoms with Crippen LogP contribution in [0.5, 0.6) is 0 Å². The Bertz CT molecular complexity index is 22.8. The highest BCUT2D eigenvalue weighted by Gasteiger charge is 1.73. The minimum absolute atomic E-state index is 0.608. The Hall–Kier alpha value is 0.270. The fourth-order valence-corrected chi connectivity index (χ4v) is 0.394. The topological polar surface area (TPSA) is 35.2 Å². The second kappa shape index (κ2) is 5.27. The molecule has 3 heteroatoms. The van der Waals surface area contributed by atoms with Crippen molar-refractivity contribution in [3.63, 3.8) is 0 Å². The fourth-order valence-electron chi connectivity index (χ4n) is 0.131. The van der Waals surface area contributed by atoms with Crippen LogP contribution < -0.4 is 5.14 Å². The monoisotopic (exact) mass is 107 g/mol. The Kier molecular flexibility index (Phi) is 5.51. The molecule has 0 atom stereocenters. The fraction of sp³-hybridized carbons (Fsp3) is 1.00. The van der Waals surface area contributed by atoms with Crippen LogP contribution in [0.2, 0.25) is 0 Å². The number of hydrogen-bond acceptors (Lipinski definition) is 3. The number of ether oxygens (including phenoxy) is 1. The zero-order chi connectivity index (χ0) is 4.83. The van der Waals surface area contributed by atoms with Crippen molar-refractivity contribution >= 4 is 11.9 Å². The van der Waals surface area contributed by atoms with E-state index >= 15 is 0 Å². The molecule has 0 radical (unpaired) electrons. The maximum absolute atomic E-state index is 5.01. The summed E-state index contributed by atoms with van der Waals surface area (Å²) in [5.74, 6) is 0.608. The lowest BCUT2D eigenvalue weighted by Gasteiger charge is -1.91. The number of nitrogens with two attached hydrogens (primary N) is 1. The van der Waals surface area contributed by atoms with E-state index in [1.54, 1.807) is 0 Å². The number of hydrogen-bond donors (Lipinski definition) is 1. The zero-order valence-corrected chi connectivity index (χ0v) is 4.62. The lowest BCUT2D eigenvalue weighted by Crippen LogP contribution is -1.90. The lowest BCUT2D eigenvalue weighted by atomic mass is 10.9. The molecule has 0 aromatic heterocycles. The van der Waals surface area contributed by atoms with Gasteiger partial charge in [-0.1, -0.05) is 11.9 Å². The van der Waals surface area contributed by atoms with Gasteiger partial charge in [-0.15, -0.1) is 0 Å². The van der Waals surface area contributed by atoms with Crippen molar-refractivity contribution < 1.29 is 4.74 Å². The van der Waals surface area contributed by atoms with Gasteiger partial charge in [-0.2, -0.15) is 0 Å². The van der Waals surface area contributed by atoms with Crippen LogP contribution in [-0.4, -0.2) is 12.5 Å². The molecule has 0 rings (SSSR count). The molecule has 0 heterocycles. The van der Waals surface area contributed by atoms with Crippen LogP contribution in [0.4, 0.5) is 0 Å². The molecule has 0 aromatic carbocycles. The van der Waals surface area contributed by atoms with Gasteiger partial charge in [0.1, 0.15) is 5.94 Å². The van der Waals surface area contributed by atoms with Gasteiger partial charge in [-0.05, 0) is 6.92 Å². The molecule has 0 fully saturated rings. The first-order chi connectivity index (χ1) is 2.91. The maximum Gasteiger partial charge on any atom is 0.106 e. The average molecular weight is 107 g/mol. The van der Waals surface area contributed by atoms with E-state index in [1.807, 2.05) is 6.92 Å². The van der Waals surface area contributed by atoms with Crippen molar-refractivity contribution in [3.8, 4) is 0 Å². The molecular formula is C3H9NOS. The van der Waals surface area contributed by atoms with Crippen molar-refractivity contribution in [3.05, 3.63) is 0 Å². The molecule has 0 aromatic rings. The molecule has 0 unspecified atom stereocenters. The van der Waals surface area contributed by atoms with Gasteiger partial charge in [-0.3, -0.25) is 5.14 Å². The molecule has 2 N–H and O–H groups in total. The summed E-state index contributed by atoms with van der Waals surface area (Å²) in [5, 5.41) is 5.01. The molecule has 6 heavy (non-hydrogen) atoms. The van der Waals surface area contributed by atoms with E-state index in [-0.39, 0.29) is 0 Å². The van der Waals surface area contributed by atoms with E-state index in [4.69, 9.17) is 9.88 Å². The lowest BCUT2D eigenvalue weighted by molar-refractivity contribution is 0.199. The summed E-state index contributed by atoms with van der Waals surface area (Å²) in [7, 11) is 0. The van der Waals surface area contributed by atoms with Crippen LogP contribution in [0.3, 0.4) is 0 Å². The van der Waals surface area contributed by atoms with Crippen molar-refractivity contribution in [2.75, 3.05) is 12.5 Å². The Labute approximate surface area is 42.2 Å². The smallest absolute Gasteiger partial charge is 0.106 e. The largest absolute Gasteiger partial charge is 0.370 e. The first-order valence-electron chi connectivity index (χ1n) is 1.81. The third-order valence-corrected chi connectivity index (χ3v) is 0.658. The first-order valence-corrected chi connectivity index (χ1v) is 2.86. The summed E-state index contributed by atoms with van der Waals surface area (Å²) >= 11 is 1.20. The predicted molar refractivity (Wildman–Crippen MR) is 28.3 cm³/mol. The Balaban J connectivity index is 2.34. The van der Waals surface area contributed by atoms with Gasteiger partial charge >= 0.3 is 0 Å².